The zero-order chi connectivity index (χ0) is 30.5. The van der Waals surface area contributed by atoms with Gasteiger partial charge in [-0.15, -0.1) is 0 Å². The normalized spacial score (nSPS) is 19.1. The molecule has 3 heterocycles. The zero-order valence-corrected chi connectivity index (χ0v) is 27.4. The van der Waals surface area contributed by atoms with E-state index in [1.807, 2.05) is 48.5 Å². The highest BCUT2D eigenvalue weighted by molar-refractivity contribution is 9.10. The molecule has 1 aromatic heterocycles. The standard InChI is InChI=1S/C32H21Br2N3O5S2/c33-18-6-10-21(11-7-18)37-30(39)26-25(27-29(36-32(41)44-27)43-28(26)31(37)40)22-14-19(34)8-12-23(22)42-15-24(38)35-20-9-5-16-3-1-2-4-17(16)13-20/h1-14,25-26,28H,15H2,(H,35,38)(H,36,41). The lowest BCUT2D eigenvalue weighted by Crippen LogP contribution is -2.32. The lowest BCUT2D eigenvalue weighted by Gasteiger charge is -2.31. The number of nitrogens with one attached hydrogen (secondary N) is 2. The summed E-state index contributed by atoms with van der Waals surface area (Å²) in [5, 5.41) is 4.75. The van der Waals surface area contributed by atoms with Gasteiger partial charge in [-0.05, 0) is 65.4 Å². The van der Waals surface area contributed by atoms with Gasteiger partial charge in [-0.2, -0.15) is 0 Å². The number of amides is 3. The Morgan fingerprint density at radius 1 is 0.886 bits per heavy atom. The molecule has 2 aliphatic heterocycles. The van der Waals surface area contributed by atoms with E-state index < -0.39 is 17.1 Å². The van der Waals surface area contributed by atoms with Gasteiger partial charge in [0.05, 0.1) is 16.6 Å². The van der Waals surface area contributed by atoms with Crippen LogP contribution >= 0.6 is 55.0 Å². The number of thiazole rings is 1. The summed E-state index contributed by atoms with van der Waals surface area (Å²) in [4.78, 5) is 57.8. The Labute approximate surface area is 276 Å². The molecule has 0 saturated carbocycles. The zero-order valence-electron chi connectivity index (χ0n) is 22.6. The summed E-state index contributed by atoms with van der Waals surface area (Å²) in [5.74, 6) is -2.13. The quantitative estimate of drug-likeness (QED) is 0.182. The van der Waals surface area contributed by atoms with Gasteiger partial charge >= 0.3 is 4.87 Å². The third-order valence-electron chi connectivity index (χ3n) is 7.61. The fraction of sp³-hybridized carbons (Fsp3) is 0.125. The molecular weight excluding hydrogens is 730 g/mol. The molecule has 5 aromatic rings. The Balaban J connectivity index is 1.21. The number of carbonyl (C=O) groups is 3. The van der Waals surface area contributed by atoms with Gasteiger partial charge in [0.2, 0.25) is 11.8 Å². The molecule has 44 heavy (non-hydrogen) atoms. The first-order valence-corrected chi connectivity index (χ1v) is 16.8. The summed E-state index contributed by atoms with van der Waals surface area (Å²) in [6, 6.07) is 25.9. The van der Waals surface area contributed by atoms with Crippen LogP contribution < -0.4 is 19.8 Å². The number of halogens is 2. The molecule has 2 aliphatic rings. The third-order valence-corrected chi connectivity index (χ3v) is 11.0. The Kier molecular flexibility index (Phi) is 7.69. The van der Waals surface area contributed by atoms with Crippen LogP contribution in [0, 0.1) is 5.92 Å². The maximum absolute atomic E-state index is 14.1. The van der Waals surface area contributed by atoms with Crippen LogP contribution in [0.4, 0.5) is 11.4 Å². The van der Waals surface area contributed by atoms with E-state index in [9.17, 15) is 19.2 Å². The molecule has 0 radical (unpaired) electrons. The van der Waals surface area contributed by atoms with E-state index >= 15 is 0 Å². The highest BCUT2D eigenvalue weighted by Crippen LogP contribution is 2.54. The van der Waals surface area contributed by atoms with Gasteiger partial charge in [0.1, 0.15) is 11.0 Å². The SMILES string of the molecule is O=C(COc1ccc(Br)cc1C1c2sc(=O)[nH]c2SC2C(=O)N(c3ccc(Br)cc3)C(=O)C21)Nc1ccc2ccccc2c1. The molecule has 220 valence electrons. The summed E-state index contributed by atoms with van der Waals surface area (Å²) < 4.78 is 7.63. The van der Waals surface area contributed by atoms with Gasteiger partial charge in [0, 0.05) is 31.0 Å². The molecule has 1 fully saturated rings. The topological polar surface area (TPSA) is 109 Å². The number of hydrogen-bond donors (Lipinski definition) is 2. The van der Waals surface area contributed by atoms with E-state index in [1.165, 1.54) is 16.7 Å². The molecule has 1 saturated heterocycles. The summed E-state index contributed by atoms with van der Waals surface area (Å²) in [7, 11) is 0. The number of rotatable bonds is 6. The number of anilines is 2. The highest BCUT2D eigenvalue weighted by atomic mass is 79.9. The van der Waals surface area contributed by atoms with E-state index in [0.29, 0.717) is 32.6 Å². The summed E-state index contributed by atoms with van der Waals surface area (Å²) in [6.45, 7) is -0.287. The molecule has 2 N–H and O–H groups in total. The highest BCUT2D eigenvalue weighted by Gasteiger charge is 2.56. The smallest absolute Gasteiger partial charge is 0.305 e. The minimum absolute atomic E-state index is 0.274. The van der Waals surface area contributed by atoms with Crippen LogP contribution in [-0.2, 0) is 14.4 Å². The minimum atomic E-state index is -0.793. The van der Waals surface area contributed by atoms with Gasteiger partial charge in [-0.3, -0.25) is 19.2 Å². The van der Waals surface area contributed by atoms with Crippen molar-refractivity contribution in [2.24, 2.45) is 5.92 Å². The van der Waals surface area contributed by atoms with E-state index in [0.717, 1.165) is 31.1 Å². The Bertz CT molecular complexity index is 2030. The van der Waals surface area contributed by atoms with Crippen molar-refractivity contribution in [2.45, 2.75) is 16.2 Å². The summed E-state index contributed by atoms with van der Waals surface area (Å²) >= 11 is 9.16. The van der Waals surface area contributed by atoms with Crippen LogP contribution in [0.3, 0.4) is 0 Å². The number of imide groups is 1. The molecular formula is C32H21Br2N3O5S2. The van der Waals surface area contributed by atoms with Crippen molar-refractivity contribution in [1.82, 2.24) is 4.98 Å². The number of benzene rings is 4. The number of fused-ring (bicyclic) bond motifs is 3. The van der Waals surface area contributed by atoms with E-state index in [-0.39, 0.29) is 29.2 Å². The number of aromatic nitrogens is 1. The van der Waals surface area contributed by atoms with Crippen molar-refractivity contribution >= 4 is 94.8 Å². The van der Waals surface area contributed by atoms with Crippen LogP contribution in [0.1, 0.15) is 16.4 Å². The van der Waals surface area contributed by atoms with Crippen LogP contribution in [0.2, 0.25) is 0 Å². The van der Waals surface area contributed by atoms with Gasteiger partial charge in [-0.25, -0.2) is 4.90 Å². The van der Waals surface area contributed by atoms with E-state index in [2.05, 4.69) is 42.2 Å². The monoisotopic (exact) mass is 749 g/mol. The fourth-order valence-corrected chi connectivity index (χ4v) is 8.85. The van der Waals surface area contributed by atoms with Crippen LogP contribution in [0.15, 0.2) is 104 Å². The lowest BCUT2D eigenvalue weighted by molar-refractivity contribution is -0.122. The minimum Gasteiger partial charge on any atom is -0.483 e. The predicted octanol–water partition coefficient (Wildman–Crippen LogP) is 6.93. The third kappa shape index (κ3) is 5.29. The molecule has 3 amide bonds. The van der Waals surface area contributed by atoms with Crippen molar-refractivity contribution in [3.8, 4) is 5.75 Å². The van der Waals surface area contributed by atoms with Crippen LogP contribution in [-0.4, -0.2) is 34.6 Å². The largest absolute Gasteiger partial charge is 0.483 e. The van der Waals surface area contributed by atoms with Gasteiger partial charge in [-0.1, -0.05) is 85.3 Å². The first-order chi connectivity index (χ1) is 21.3. The van der Waals surface area contributed by atoms with Crippen LogP contribution in [0.5, 0.6) is 5.75 Å². The molecule has 0 bridgehead atoms. The summed E-state index contributed by atoms with van der Waals surface area (Å²) in [6.07, 6.45) is 0. The second kappa shape index (κ2) is 11.7. The predicted molar refractivity (Wildman–Crippen MR) is 179 cm³/mol. The van der Waals surface area contributed by atoms with Crippen molar-refractivity contribution in [1.29, 1.82) is 0 Å². The molecule has 3 atom stereocenters. The molecule has 8 nitrogen and oxygen atoms in total. The number of ether oxygens (including phenoxy) is 1. The maximum Gasteiger partial charge on any atom is 0.305 e. The van der Waals surface area contributed by atoms with Gasteiger partial charge in [0.15, 0.2) is 6.61 Å². The molecule has 0 aliphatic carbocycles. The maximum atomic E-state index is 14.1. The second-order valence-electron chi connectivity index (χ2n) is 10.3. The molecule has 0 spiro atoms. The number of H-pyrrole nitrogens is 1. The number of hydrogen-bond acceptors (Lipinski definition) is 7. The Morgan fingerprint density at radius 2 is 1.64 bits per heavy atom. The number of carbonyl (C=O) groups excluding carboxylic acids is 3. The molecule has 12 heteroatoms. The van der Waals surface area contributed by atoms with Crippen molar-refractivity contribution in [3.63, 3.8) is 0 Å². The molecule has 4 aromatic carbocycles. The first-order valence-electron chi connectivity index (χ1n) is 13.5. The Hall–Kier alpha value is -3.71. The molecule has 7 rings (SSSR count). The van der Waals surface area contributed by atoms with Crippen molar-refractivity contribution in [2.75, 3.05) is 16.8 Å². The second-order valence-corrected chi connectivity index (χ2v) is 14.3. The summed E-state index contributed by atoms with van der Waals surface area (Å²) in [5.41, 5.74) is 1.72. The lowest BCUT2D eigenvalue weighted by atomic mass is 9.82. The first kappa shape index (κ1) is 29.0. The number of aromatic amines is 1. The average Bonchev–Trinajstić information content (AvgIpc) is 3.51. The fourth-order valence-electron chi connectivity index (χ4n) is 5.70. The Morgan fingerprint density at radius 3 is 2.43 bits per heavy atom. The van der Waals surface area contributed by atoms with Gasteiger partial charge < -0.3 is 15.0 Å². The molecule has 3 unspecified atom stereocenters. The van der Waals surface area contributed by atoms with E-state index in [4.69, 9.17) is 4.74 Å². The average molecular weight is 751 g/mol. The van der Waals surface area contributed by atoms with Crippen molar-refractivity contribution in [3.05, 3.63) is 114 Å². The van der Waals surface area contributed by atoms with E-state index in [1.54, 1.807) is 36.4 Å². The number of thioether (sulfide) groups is 1. The number of nitrogens with zero attached hydrogens (tertiary/aromatic N) is 1. The van der Waals surface area contributed by atoms with Crippen LogP contribution in [0.25, 0.3) is 10.8 Å². The van der Waals surface area contributed by atoms with Crippen molar-refractivity contribution < 1.29 is 19.1 Å². The van der Waals surface area contributed by atoms with Gasteiger partial charge in [0.25, 0.3) is 5.91 Å².